The van der Waals surface area contributed by atoms with Crippen LogP contribution in [0.4, 0.5) is 0 Å². The fourth-order valence-corrected chi connectivity index (χ4v) is 3.19. The van der Waals surface area contributed by atoms with E-state index in [1.165, 1.54) is 0 Å². The molecule has 2 nitrogen and oxygen atoms in total. The maximum Gasteiger partial charge on any atom is 0.209 e. The summed E-state index contributed by atoms with van der Waals surface area (Å²) in [5.74, 6) is 6.32. The van der Waals surface area contributed by atoms with E-state index in [9.17, 15) is 4.79 Å². The van der Waals surface area contributed by atoms with E-state index in [0.29, 0.717) is 22.8 Å². The van der Waals surface area contributed by atoms with Gasteiger partial charge in [-0.15, -0.1) is 0 Å². The number of hydrogen-bond acceptors (Lipinski definition) is 1. The van der Waals surface area contributed by atoms with Crippen LogP contribution in [0.25, 0.3) is 10.9 Å². The molecule has 0 saturated carbocycles. The minimum Gasteiger partial charge on any atom is -0.326 e. The van der Waals surface area contributed by atoms with Crippen molar-refractivity contribution in [3.8, 4) is 11.8 Å². The van der Waals surface area contributed by atoms with Crippen molar-refractivity contribution < 1.29 is 4.79 Å². The molecule has 0 bridgehead atoms. The van der Waals surface area contributed by atoms with Crippen LogP contribution in [0.2, 0.25) is 5.02 Å². The van der Waals surface area contributed by atoms with Gasteiger partial charge in [-0.3, -0.25) is 4.79 Å². The molecule has 0 spiro atoms. The number of benzene rings is 3. The van der Waals surface area contributed by atoms with Crippen molar-refractivity contribution in [3.05, 3.63) is 107 Å². The van der Waals surface area contributed by atoms with Crippen LogP contribution in [0, 0.1) is 11.8 Å². The quantitative estimate of drug-likeness (QED) is 0.341. The number of ketones is 1. The number of hydrogen-bond donors (Lipinski definition) is 0. The highest BCUT2D eigenvalue weighted by Crippen LogP contribution is 2.22. The summed E-state index contributed by atoms with van der Waals surface area (Å²) in [5.41, 5.74) is 3.22. The van der Waals surface area contributed by atoms with Crippen LogP contribution < -0.4 is 0 Å². The second-order valence-electron chi connectivity index (χ2n) is 6.18. The second-order valence-corrected chi connectivity index (χ2v) is 6.61. The van der Waals surface area contributed by atoms with Crippen molar-refractivity contribution in [2.75, 3.05) is 0 Å². The lowest BCUT2D eigenvalue weighted by Gasteiger charge is -2.06. The van der Waals surface area contributed by atoms with Gasteiger partial charge in [0.15, 0.2) is 0 Å². The van der Waals surface area contributed by atoms with Gasteiger partial charge in [-0.25, -0.2) is 0 Å². The first-order valence-corrected chi connectivity index (χ1v) is 9.02. The average molecular weight is 370 g/mol. The Balaban J connectivity index is 1.73. The van der Waals surface area contributed by atoms with Crippen LogP contribution >= 0.6 is 11.6 Å². The smallest absolute Gasteiger partial charge is 0.209 e. The Morgan fingerprint density at radius 1 is 0.889 bits per heavy atom. The second kappa shape index (κ2) is 7.53. The molecule has 1 heterocycles. The van der Waals surface area contributed by atoms with Crippen molar-refractivity contribution in [3.63, 3.8) is 0 Å². The number of para-hydroxylation sites is 1. The summed E-state index contributed by atoms with van der Waals surface area (Å²) in [6.07, 6.45) is 0. The predicted molar refractivity (Wildman–Crippen MR) is 110 cm³/mol. The Morgan fingerprint density at radius 2 is 1.59 bits per heavy atom. The van der Waals surface area contributed by atoms with E-state index in [4.69, 9.17) is 11.6 Å². The van der Waals surface area contributed by atoms with Gasteiger partial charge >= 0.3 is 0 Å². The average Bonchev–Trinajstić information content (AvgIpc) is 3.08. The third-order valence-electron chi connectivity index (χ3n) is 4.39. The van der Waals surface area contributed by atoms with Crippen LogP contribution in [0.1, 0.15) is 21.6 Å². The Labute approximate surface area is 163 Å². The van der Waals surface area contributed by atoms with Crippen molar-refractivity contribution in [2.24, 2.45) is 0 Å². The summed E-state index contributed by atoms with van der Waals surface area (Å²) in [6, 6.07) is 26.7. The lowest BCUT2D eigenvalue weighted by atomic mass is 10.1. The monoisotopic (exact) mass is 369 g/mol. The van der Waals surface area contributed by atoms with Crippen LogP contribution in [0.5, 0.6) is 0 Å². The van der Waals surface area contributed by atoms with Crippen molar-refractivity contribution in [2.45, 2.75) is 6.54 Å². The summed E-state index contributed by atoms with van der Waals surface area (Å²) in [6.45, 7) is 0.435. The molecule has 0 radical (unpaired) electrons. The molecule has 3 aromatic carbocycles. The molecule has 0 N–H and O–H groups in total. The molecule has 0 unspecified atom stereocenters. The molecule has 130 valence electrons. The molecule has 0 aliphatic rings. The fraction of sp³-hybridized carbons (Fsp3) is 0.0417. The summed E-state index contributed by atoms with van der Waals surface area (Å²) >= 11 is 5.92. The minimum absolute atomic E-state index is 0.0000860. The highest BCUT2D eigenvalue weighted by molar-refractivity contribution is 6.30. The predicted octanol–water partition coefficient (Wildman–Crippen LogP) is 5.58. The van der Waals surface area contributed by atoms with E-state index >= 15 is 0 Å². The number of nitrogens with zero attached hydrogens (tertiary/aromatic N) is 1. The molecule has 3 heteroatoms. The zero-order valence-corrected chi connectivity index (χ0v) is 15.3. The molecule has 0 aliphatic carbocycles. The maximum atomic E-state index is 13.0. The standard InChI is InChI=1S/C24H16ClNO/c25-21-14-12-18(13-15-21)7-6-16-26-22-11-5-4-10-20(22)17-23(26)24(27)19-8-2-1-3-9-19/h1-5,8-15,17H,16H2. The largest absolute Gasteiger partial charge is 0.326 e. The van der Waals surface area contributed by atoms with Crippen molar-refractivity contribution >= 4 is 28.3 Å². The van der Waals surface area contributed by atoms with E-state index in [2.05, 4.69) is 11.8 Å². The van der Waals surface area contributed by atoms with Crippen LogP contribution in [-0.4, -0.2) is 10.4 Å². The van der Waals surface area contributed by atoms with E-state index < -0.39 is 0 Å². The zero-order valence-electron chi connectivity index (χ0n) is 14.5. The topological polar surface area (TPSA) is 22.0 Å². The van der Waals surface area contributed by atoms with Crippen LogP contribution in [0.15, 0.2) is 84.9 Å². The summed E-state index contributed by atoms with van der Waals surface area (Å²) in [5, 5.41) is 1.72. The first-order chi connectivity index (χ1) is 13.2. The molecule has 0 atom stereocenters. The number of carbonyl (C=O) groups is 1. The Kier molecular flexibility index (Phi) is 4.78. The highest BCUT2D eigenvalue weighted by atomic mass is 35.5. The molecule has 0 fully saturated rings. The summed E-state index contributed by atoms with van der Waals surface area (Å²) in [4.78, 5) is 13.0. The normalized spacial score (nSPS) is 10.4. The van der Waals surface area contributed by atoms with E-state index in [-0.39, 0.29) is 5.78 Å². The van der Waals surface area contributed by atoms with Crippen molar-refractivity contribution in [1.82, 2.24) is 4.57 Å². The number of aromatic nitrogens is 1. The summed E-state index contributed by atoms with van der Waals surface area (Å²) < 4.78 is 1.98. The third kappa shape index (κ3) is 3.65. The van der Waals surface area contributed by atoms with Gasteiger partial charge in [-0.2, -0.15) is 0 Å². The molecule has 4 rings (SSSR count). The number of carbonyl (C=O) groups excluding carboxylic acids is 1. The molecule has 27 heavy (non-hydrogen) atoms. The van der Waals surface area contributed by atoms with Crippen molar-refractivity contribution in [1.29, 1.82) is 0 Å². The van der Waals surface area contributed by atoms with Gasteiger partial charge in [-0.1, -0.05) is 72.0 Å². The van der Waals surface area contributed by atoms with E-state index in [0.717, 1.165) is 16.5 Å². The third-order valence-corrected chi connectivity index (χ3v) is 4.65. The van der Waals surface area contributed by atoms with Gasteiger partial charge in [0, 0.05) is 27.1 Å². The van der Waals surface area contributed by atoms with Gasteiger partial charge in [0.25, 0.3) is 0 Å². The first kappa shape index (κ1) is 17.1. The molecule has 0 saturated heterocycles. The van der Waals surface area contributed by atoms with Gasteiger partial charge in [0.1, 0.15) is 0 Å². The fourth-order valence-electron chi connectivity index (χ4n) is 3.06. The molecule has 0 amide bonds. The number of halogens is 1. The number of fused-ring (bicyclic) bond motifs is 1. The molecular weight excluding hydrogens is 354 g/mol. The summed E-state index contributed by atoms with van der Waals surface area (Å²) in [7, 11) is 0. The lowest BCUT2D eigenvalue weighted by Crippen LogP contribution is -2.09. The van der Waals surface area contributed by atoms with Gasteiger partial charge in [0.05, 0.1) is 12.2 Å². The van der Waals surface area contributed by atoms with E-state index in [1.54, 1.807) is 0 Å². The van der Waals surface area contributed by atoms with Gasteiger partial charge < -0.3 is 4.57 Å². The maximum absolute atomic E-state index is 13.0. The lowest BCUT2D eigenvalue weighted by molar-refractivity contribution is 0.103. The molecular formula is C24H16ClNO. The number of rotatable bonds is 3. The van der Waals surface area contributed by atoms with Crippen LogP contribution in [0.3, 0.4) is 0 Å². The Morgan fingerprint density at radius 3 is 2.37 bits per heavy atom. The van der Waals surface area contributed by atoms with Crippen LogP contribution in [-0.2, 0) is 6.54 Å². The van der Waals surface area contributed by atoms with Gasteiger partial charge in [-0.05, 0) is 36.4 Å². The molecule has 4 aromatic rings. The van der Waals surface area contributed by atoms with E-state index in [1.807, 2.05) is 89.5 Å². The Bertz CT molecular complexity index is 1160. The molecule has 1 aromatic heterocycles. The molecule has 0 aliphatic heterocycles. The minimum atomic E-state index is 0.0000860. The Hall–Kier alpha value is -3.28. The zero-order chi connectivity index (χ0) is 18.6. The SMILES string of the molecule is O=C(c1ccccc1)c1cc2ccccc2n1CC#Cc1ccc(Cl)cc1. The van der Waals surface area contributed by atoms with Gasteiger partial charge in [0.2, 0.25) is 5.78 Å². The first-order valence-electron chi connectivity index (χ1n) is 8.65. The highest BCUT2D eigenvalue weighted by Gasteiger charge is 2.16.